The van der Waals surface area contributed by atoms with E-state index in [4.69, 9.17) is 0 Å². The minimum Gasteiger partial charge on any atom is -0.435 e. The van der Waals surface area contributed by atoms with Crippen LogP contribution in [0.1, 0.15) is 23.7 Å². The molecule has 0 atom stereocenters. The van der Waals surface area contributed by atoms with E-state index < -0.39 is 27.6 Å². The molecule has 0 radical (unpaired) electrons. The highest BCUT2D eigenvalue weighted by Gasteiger charge is 2.45. The molecule has 1 aromatic heterocycles. The smallest absolute Gasteiger partial charge is 0.387 e. The van der Waals surface area contributed by atoms with Crippen LogP contribution in [-0.4, -0.2) is 41.5 Å². The highest BCUT2D eigenvalue weighted by Crippen LogP contribution is 2.37. The molecule has 0 amide bonds. The van der Waals surface area contributed by atoms with Gasteiger partial charge in [0.05, 0.1) is 28.2 Å². The van der Waals surface area contributed by atoms with E-state index in [1.54, 1.807) is 38.2 Å². The number of ketones is 1. The summed E-state index contributed by atoms with van der Waals surface area (Å²) in [6.07, 6.45) is 0.0966. The minimum atomic E-state index is -3.06. The van der Waals surface area contributed by atoms with E-state index in [2.05, 4.69) is 4.74 Å². The van der Waals surface area contributed by atoms with Gasteiger partial charge in [0.25, 0.3) is 0 Å². The maximum atomic E-state index is 12.8. The second kappa shape index (κ2) is 7.30. The van der Waals surface area contributed by atoms with Crippen LogP contribution in [0.3, 0.4) is 0 Å². The van der Waals surface area contributed by atoms with Gasteiger partial charge in [0.1, 0.15) is 5.75 Å². The molecule has 7 nitrogen and oxygen atoms in total. The summed E-state index contributed by atoms with van der Waals surface area (Å²) in [5.74, 6) is -0.307. The molecule has 0 saturated carbocycles. The Balaban J connectivity index is 1.70. The van der Waals surface area contributed by atoms with Crippen molar-refractivity contribution in [3.63, 3.8) is 0 Å². The third-order valence-corrected chi connectivity index (χ3v) is 7.68. The van der Waals surface area contributed by atoms with Crippen molar-refractivity contribution in [1.82, 2.24) is 9.13 Å². The summed E-state index contributed by atoms with van der Waals surface area (Å²) in [6.45, 7) is -1.22. The van der Waals surface area contributed by atoms with Crippen LogP contribution in [0.15, 0.2) is 47.3 Å². The lowest BCUT2D eigenvalue weighted by atomic mass is 9.86. The number of hydrogen-bond donors (Lipinski definition) is 0. The summed E-state index contributed by atoms with van der Waals surface area (Å²) < 4.78 is 55.2. The standard InChI is InChI=1S/C21H20F2N2O5S/c1-21(11-31(28,29)12-21)10-18(26)13-6-7-16-17(8-13)24(2)20(27)25(16)14-4-3-5-15(9-14)30-19(22)23/h3-9,19H,10-12H2,1-2H3. The fourth-order valence-electron chi connectivity index (χ4n) is 4.17. The monoisotopic (exact) mass is 450 g/mol. The van der Waals surface area contributed by atoms with Crippen molar-refractivity contribution in [1.29, 1.82) is 0 Å². The second-order valence-corrected chi connectivity index (χ2v) is 10.3. The van der Waals surface area contributed by atoms with Gasteiger partial charge in [-0.1, -0.05) is 13.0 Å². The zero-order valence-corrected chi connectivity index (χ0v) is 17.7. The van der Waals surface area contributed by atoms with Crippen LogP contribution in [-0.2, 0) is 16.9 Å². The Morgan fingerprint density at radius 2 is 1.87 bits per heavy atom. The molecule has 1 fully saturated rings. The normalized spacial score (nSPS) is 16.9. The molecule has 31 heavy (non-hydrogen) atoms. The number of rotatable bonds is 6. The lowest BCUT2D eigenvalue weighted by Crippen LogP contribution is -2.47. The summed E-state index contributed by atoms with van der Waals surface area (Å²) in [5.41, 5.74) is 0.720. The quantitative estimate of drug-likeness (QED) is 0.539. The molecule has 0 unspecified atom stereocenters. The van der Waals surface area contributed by atoms with Gasteiger partial charge in [-0.2, -0.15) is 8.78 Å². The first kappa shape index (κ1) is 21.2. The predicted octanol–water partition coefficient (Wildman–Crippen LogP) is 2.94. The van der Waals surface area contributed by atoms with E-state index in [9.17, 15) is 26.8 Å². The highest BCUT2D eigenvalue weighted by molar-refractivity contribution is 7.92. The highest BCUT2D eigenvalue weighted by atomic mass is 32.2. The number of ether oxygens (including phenoxy) is 1. The molecule has 0 bridgehead atoms. The van der Waals surface area contributed by atoms with Crippen LogP contribution < -0.4 is 10.4 Å². The molecule has 1 saturated heterocycles. The lowest BCUT2D eigenvalue weighted by molar-refractivity contribution is -0.0498. The fraction of sp³-hybridized carbons (Fsp3) is 0.333. The third-order valence-electron chi connectivity index (χ3n) is 5.40. The van der Waals surface area contributed by atoms with E-state index in [1.165, 1.54) is 27.3 Å². The number of nitrogens with zero attached hydrogens (tertiary/aromatic N) is 2. The number of benzene rings is 2. The van der Waals surface area contributed by atoms with Crippen molar-refractivity contribution >= 4 is 26.7 Å². The van der Waals surface area contributed by atoms with E-state index in [0.717, 1.165) is 0 Å². The molecule has 0 N–H and O–H groups in total. The van der Waals surface area contributed by atoms with E-state index >= 15 is 0 Å². The lowest BCUT2D eigenvalue weighted by Gasteiger charge is -2.37. The van der Waals surface area contributed by atoms with Crippen molar-refractivity contribution < 1.29 is 26.7 Å². The molecule has 0 aliphatic carbocycles. The van der Waals surface area contributed by atoms with Crippen molar-refractivity contribution in [3.8, 4) is 11.4 Å². The number of aromatic nitrogens is 2. The molecule has 0 spiro atoms. The van der Waals surface area contributed by atoms with Crippen LogP contribution >= 0.6 is 0 Å². The molecule has 1 aliphatic heterocycles. The number of Topliss-reactive ketones (excluding diaryl/α,β-unsaturated/α-hetero) is 1. The van der Waals surface area contributed by atoms with Crippen molar-refractivity contribution in [2.75, 3.05) is 11.5 Å². The summed E-state index contributed by atoms with van der Waals surface area (Å²) in [6, 6.07) is 10.6. The molecule has 10 heteroatoms. The first-order valence-electron chi connectivity index (χ1n) is 9.48. The second-order valence-electron chi connectivity index (χ2n) is 8.20. The first-order chi connectivity index (χ1) is 14.5. The zero-order valence-electron chi connectivity index (χ0n) is 16.8. The topological polar surface area (TPSA) is 87.4 Å². The van der Waals surface area contributed by atoms with E-state index in [0.29, 0.717) is 22.3 Å². The Bertz CT molecular complexity index is 1350. The van der Waals surface area contributed by atoms with E-state index in [-0.39, 0.29) is 29.5 Å². The zero-order chi connectivity index (χ0) is 22.6. The number of sulfone groups is 1. The van der Waals surface area contributed by atoms with Crippen molar-refractivity contribution in [2.24, 2.45) is 12.5 Å². The molecule has 4 rings (SSSR count). The predicted molar refractivity (Wildman–Crippen MR) is 111 cm³/mol. The van der Waals surface area contributed by atoms with Gasteiger partial charge < -0.3 is 4.74 Å². The Morgan fingerprint density at radius 3 is 2.52 bits per heavy atom. The van der Waals surface area contributed by atoms with Crippen LogP contribution in [0.25, 0.3) is 16.7 Å². The molecule has 3 aromatic rings. The molecule has 164 valence electrons. The van der Waals surface area contributed by atoms with Crippen molar-refractivity contribution in [2.45, 2.75) is 20.0 Å². The maximum Gasteiger partial charge on any atom is 0.387 e. The van der Waals surface area contributed by atoms with Crippen LogP contribution in [0, 0.1) is 5.41 Å². The number of halogens is 2. The van der Waals surface area contributed by atoms with Gasteiger partial charge in [0.15, 0.2) is 15.6 Å². The van der Waals surface area contributed by atoms with Crippen LogP contribution in [0.5, 0.6) is 5.75 Å². The fourth-order valence-corrected chi connectivity index (χ4v) is 6.41. The largest absolute Gasteiger partial charge is 0.435 e. The Morgan fingerprint density at radius 1 is 1.16 bits per heavy atom. The molecule has 2 aromatic carbocycles. The van der Waals surface area contributed by atoms with Gasteiger partial charge in [0.2, 0.25) is 0 Å². The number of carbonyl (C=O) groups is 1. The van der Waals surface area contributed by atoms with Crippen LogP contribution in [0.4, 0.5) is 8.78 Å². The number of fused-ring (bicyclic) bond motifs is 1. The summed E-state index contributed by atoms with van der Waals surface area (Å²) in [5, 5.41) is 0. The van der Waals surface area contributed by atoms with Crippen molar-refractivity contribution in [3.05, 3.63) is 58.5 Å². The van der Waals surface area contributed by atoms with Gasteiger partial charge >= 0.3 is 12.3 Å². The molecule has 2 heterocycles. The SMILES string of the molecule is Cn1c(=O)n(-c2cccc(OC(F)F)c2)c2ccc(C(=O)CC3(C)CS(=O)(=O)C3)cc21. The summed E-state index contributed by atoms with van der Waals surface area (Å²) >= 11 is 0. The van der Waals surface area contributed by atoms with E-state index in [1.807, 2.05) is 0 Å². The van der Waals surface area contributed by atoms with Gasteiger partial charge in [-0.25, -0.2) is 13.2 Å². The Labute approximate surface area is 176 Å². The van der Waals surface area contributed by atoms with Gasteiger partial charge in [-0.05, 0) is 30.3 Å². The summed E-state index contributed by atoms with van der Waals surface area (Å²) in [7, 11) is -1.51. The molecular formula is C21H20F2N2O5S. The Kier molecular flexibility index (Phi) is 5.00. The first-order valence-corrected chi connectivity index (χ1v) is 11.3. The number of imidazole rings is 1. The molecular weight excluding hydrogens is 430 g/mol. The average molecular weight is 450 g/mol. The number of aryl methyl sites for hydroxylation is 1. The average Bonchev–Trinajstić information content (AvgIpc) is 2.89. The number of hydrogen-bond acceptors (Lipinski definition) is 5. The third kappa shape index (κ3) is 3.99. The minimum absolute atomic E-state index is 0.0140. The number of alkyl halides is 2. The van der Waals surface area contributed by atoms with Gasteiger partial charge in [-0.3, -0.25) is 13.9 Å². The number of carbonyl (C=O) groups excluding carboxylic acids is 1. The van der Waals surface area contributed by atoms with Gasteiger partial charge in [0, 0.05) is 30.5 Å². The summed E-state index contributed by atoms with van der Waals surface area (Å²) in [4.78, 5) is 25.6. The van der Waals surface area contributed by atoms with Gasteiger partial charge in [-0.15, -0.1) is 0 Å². The Hall–Kier alpha value is -3.01. The van der Waals surface area contributed by atoms with Crippen LogP contribution in [0.2, 0.25) is 0 Å². The molecule has 1 aliphatic rings. The maximum absolute atomic E-state index is 12.8.